The minimum Gasteiger partial charge on any atom is -0.368 e. The highest BCUT2D eigenvalue weighted by molar-refractivity contribution is 5.92. The van der Waals surface area contributed by atoms with Crippen molar-refractivity contribution in [3.05, 3.63) is 36.0 Å². The minimum absolute atomic E-state index is 0.752. The Bertz CT molecular complexity index is 706. The Hall–Kier alpha value is -1.65. The predicted octanol–water partition coefficient (Wildman–Crippen LogP) is 2.76. The van der Waals surface area contributed by atoms with Gasteiger partial charge in [0.2, 0.25) is 0 Å². The molecule has 0 spiro atoms. The van der Waals surface area contributed by atoms with Crippen molar-refractivity contribution in [1.29, 1.82) is 0 Å². The molecule has 0 aliphatic carbocycles. The van der Waals surface area contributed by atoms with Crippen molar-refractivity contribution in [3.63, 3.8) is 0 Å². The van der Waals surface area contributed by atoms with E-state index >= 15 is 0 Å². The summed E-state index contributed by atoms with van der Waals surface area (Å²) in [7, 11) is 2.26. The standard InChI is InChI=1S/C20H28N4/c1-16-14-20(18-7-3-4-8-19(18)21-16)24-12-10-23(11-13-24)17-6-5-9-22(2)15-17/h3-4,7-8,14,17H,5-6,9-13,15H2,1-2H3. The number of benzene rings is 1. The summed E-state index contributed by atoms with van der Waals surface area (Å²) in [5, 5.41) is 1.29. The van der Waals surface area contributed by atoms with Crippen LogP contribution >= 0.6 is 0 Å². The summed E-state index contributed by atoms with van der Waals surface area (Å²) in [6.07, 6.45) is 2.71. The molecule has 0 radical (unpaired) electrons. The van der Waals surface area contributed by atoms with E-state index in [9.17, 15) is 0 Å². The highest BCUT2D eigenvalue weighted by Gasteiger charge is 2.27. The molecule has 1 atom stereocenters. The lowest BCUT2D eigenvalue weighted by Gasteiger charge is -2.43. The predicted molar refractivity (Wildman–Crippen MR) is 101 cm³/mol. The van der Waals surface area contributed by atoms with Gasteiger partial charge in [0, 0.05) is 55.5 Å². The third-order valence-electron chi connectivity index (χ3n) is 5.59. The lowest BCUT2D eigenvalue weighted by atomic mass is 10.0. The Morgan fingerprint density at radius 2 is 1.83 bits per heavy atom. The van der Waals surface area contributed by atoms with Gasteiger partial charge in [0.1, 0.15) is 0 Å². The number of aryl methyl sites for hydroxylation is 1. The van der Waals surface area contributed by atoms with E-state index in [1.807, 2.05) is 0 Å². The summed E-state index contributed by atoms with van der Waals surface area (Å²) in [5.41, 5.74) is 3.59. The molecular weight excluding hydrogens is 296 g/mol. The first-order chi connectivity index (χ1) is 11.7. The number of pyridine rings is 1. The van der Waals surface area contributed by atoms with Gasteiger partial charge in [0.05, 0.1) is 5.52 Å². The number of rotatable bonds is 2. The number of piperazine rings is 1. The Morgan fingerprint density at radius 3 is 2.62 bits per heavy atom. The van der Waals surface area contributed by atoms with E-state index in [0.717, 1.165) is 30.3 Å². The third-order valence-corrected chi connectivity index (χ3v) is 5.59. The maximum absolute atomic E-state index is 4.69. The lowest BCUT2D eigenvalue weighted by Crippen LogP contribution is -2.54. The first-order valence-corrected chi connectivity index (χ1v) is 9.24. The zero-order valence-electron chi connectivity index (χ0n) is 14.9. The highest BCUT2D eigenvalue weighted by atomic mass is 15.3. The summed E-state index contributed by atoms with van der Waals surface area (Å²) in [5.74, 6) is 0. The van der Waals surface area contributed by atoms with E-state index in [1.54, 1.807) is 0 Å². The van der Waals surface area contributed by atoms with Crippen molar-refractivity contribution in [1.82, 2.24) is 14.8 Å². The van der Waals surface area contributed by atoms with Crippen molar-refractivity contribution in [2.45, 2.75) is 25.8 Å². The van der Waals surface area contributed by atoms with Crippen LogP contribution in [0, 0.1) is 6.92 Å². The van der Waals surface area contributed by atoms with Crippen molar-refractivity contribution in [2.75, 3.05) is 51.2 Å². The van der Waals surface area contributed by atoms with Gasteiger partial charge in [-0.05, 0) is 45.5 Å². The number of fused-ring (bicyclic) bond motifs is 1. The van der Waals surface area contributed by atoms with Crippen molar-refractivity contribution >= 4 is 16.6 Å². The van der Waals surface area contributed by atoms with Gasteiger partial charge in [0.25, 0.3) is 0 Å². The average Bonchev–Trinajstić information content (AvgIpc) is 2.61. The molecule has 4 heteroatoms. The number of aromatic nitrogens is 1. The number of anilines is 1. The van der Waals surface area contributed by atoms with Gasteiger partial charge < -0.3 is 9.80 Å². The molecule has 3 heterocycles. The lowest BCUT2D eigenvalue weighted by molar-refractivity contribution is 0.107. The fourth-order valence-corrected chi connectivity index (χ4v) is 4.31. The van der Waals surface area contributed by atoms with E-state index in [1.165, 1.54) is 50.1 Å². The van der Waals surface area contributed by atoms with Crippen LogP contribution in [0.4, 0.5) is 5.69 Å². The van der Waals surface area contributed by atoms with Crippen LogP contribution in [0.25, 0.3) is 10.9 Å². The second-order valence-corrected chi connectivity index (χ2v) is 7.38. The molecule has 1 aromatic heterocycles. The van der Waals surface area contributed by atoms with Crippen LogP contribution in [0.1, 0.15) is 18.5 Å². The molecular formula is C20H28N4. The van der Waals surface area contributed by atoms with Gasteiger partial charge in [-0.1, -0.05) is 18.2 Å². The monoisotopic (exact) mass is 324 g/mol. The van der Waals surface area contributed by atoms with Gasteiger partial charge in [-0.15, -0.1) is 0 Å². The van der Waals surface area contributed by atoms with E-state index in [-0.39, 0.29) is 0 Å². The van der Waals surface area contributed by atoms with Crippen LogP contribution in [-0.2, 0) is 0 Å². The first kappa shape index (κ1) is 15.9. The summed E-state index contributed by atoms with van der Waals surface area (Å²) >= 11 is 0. The molecule has 24 heavy (non-hydrogen) atoms. The molecule has 0 saturated carbocycles. The smallest absolute Gasteiger partial charge is 0.0726 e. The molecule has 4 rings (SSSR count). The largest absolute Gasteiger partial charge is 0.368 e. The maximum Gasteiger partial charge on any atom is 0.0726 e. The van der Waals surface area contributed by atoms with Crippen LogP contribution < -0.4 is 4.90 Å². The van der Waals surface area contributed by atoms with E-state index in [4.69, 9.17) is 0 Å². The van der Waals surface area contributed by atoms with Gasteiger partial charge in [0.15, 0.2) is 0 Å². The molecule has 0 amide bonds. The van der Waals surface area contributed by atoms with E-state index in [0.29, 0.717) is 0 Å². The molecule has 1 aromatic carbocycles. The molecule has 0 N–H and O–H groups in total. The molecule has 1 unspecified atom stereocenters. The van der Waals surface area contributed by atoms with Crippen molar-refractivity contribution in [2.24, 2.45) is 0 Å². The zero-order valence-corrected chi connectivity index (χ0v) is 14.9. The van der Waals surface area contributed by atoms with Crippen LogP contribution in [0.5, 0.6) is 0 Å². The SMILES string of the molecule is Cc1cc(N2CCN(C3CCCN(C)C3)CC2)c2ccccc2n1. The summed E-state index contributed by atoms with van der Waals surface area (Å²) in [4.78, 5) is 12.4. The zero-order chi connectivity index (χ0) is 16.5. The number of hydrogen-bond donors (Lipinski definition) is 0. The fraction of sp³-hybridized carbons (Fsp3) is 0.550. The van der Waals surface area contributed by atoms with Gasteiger partial charge in [-0.3, -0.25) is 9.88 Å². The second-order valence-electron chi connectivity index (χ2n) is 7.38. The summed E-state index contributed by atoms with van der Waals surface area (Å²) in [6, 6.07) is 11.5. The van der Waals surface area contributed by atoms with E-state index in [2.05, 4.69) is 64.0 Å². The molecule has 2 aromatic rings. The normalized spacial score (nSPS) is 23.8. The van der Waals surface area contributed by atoms with Gasteiger partial charge >= 0.3 is 0 Å². The van der Waals surface area contributed by atoms with E-state index < -0.39 is 0 Å². The molecule has 128 valence electrons. The van der Waals surface area contributed by atoms with Crippen LogP contribution in [-0.4, -0.2) is 67.1 Å². The van der Waals surface area contributed by atoms with Crippen molar-refractivity contribution < 1.29 is 0 Å². The maximum atomic E-state index is 4.69. The molecule has 2 saturated heterocycles. The van der Waals surface area contributed by atoms with Crippen LogP contribution in [0.15, 0.2) is 30.3 Å². The molecule has 0 bridgehead atoms. The third kappa shape index (κ3) is 3.13. The van der Waals surface area contributed by atoms with Gasteiger partial charge in [-0.25, -0.2) is 0 Å². The Balaban J connectivity index is 1.50. The Labute approximate surface area is 145 Å². The number of piperidine rings is 1. The van der Waals surface area contributed by atoms with Crippen molar-refractivity contribution in [3.8, 4) is 0 Å². The minimum atomic E-state index is 0.752. The fourth-order valence-electron chi connectivity index (χ4n) is 4.31. The van der Waals surface area contributed by atoms with Crippen LogP contribution in [0.3, 0.4) is 0 Å². The Morgan fingerprint density at radius 1 is 1.04 bits per heavy atom. The summed E-state index contributed by atoms with van der Waals surface area (Å²) in [6.45, 7) is 9.18. The number of hydrogen-bond acceptors (Lipinski definition) is 4. The Kier molecular flexibility index (Phi) is 4.42. The highest BCUT2D eigenvalue weighted by Crippen LogP contribution is 2.28. The number of para-hydroxylation sites is 1. The quantitative estimate of drug-likeness (QED) is 0.847. The molecule has 2 aliphatic rings. The topological polar surface area (TPSA) is 22.6 Å². The number of nitrogens with zero attached hydrogens (tertiary/aromatic N) is 4. The molecule has 2 fully saturated rings. The summed E-state index contributed by atoms with van der Waals surface area (Å²) < 4.78 is 0. The van der Waals surface area contributed by atoms with Gasteiger partial charge in [-0.2, -0.15) is 0 Å². The first-order valence-electron chi connectivity index (χ1n) is 9.24. The number of likely N-dealkylation sites (tertiary alicyclic amines) is 1. The van der Waals surface area contributed by atoms with Crippen LogP contribution in [0.2, 0.25) is 0 Å². The average molecular weight is 324 g/mol. The molecule has 2 aliphatic heterocycles. The number of likely N-dealkylation sites (N-methyl/N-ethyl adjacent to an activating group) is 1. The molecule has 4 nitrogen and oxygen atoms in total. The second kappa shape index (κ2) is 6.69.